The normalized spacial score (nSPS) is 13.6. The Morgan fingerprint density at radius 1 is 1.29 bits per heavy atom. The van der Waals surface area contributed by atoms with Crippen LogP contribution in [0.5, 0.6) is 0 Å². The Bertz CT molecular complexity index is 602. The Balaban J connectivity index is 2.33. The van der Waals surface area contributed by atoms with E-state index in [-0.39, 0.29) is 5.41 Å². The lowest BCUT2D eigenvalue weighted by molar-refractivity contribution is 0.525. The first kappa shape index (κ1) is 16.1. The fourth-order valence-corrected chi connectivity index (χ4v) is 2.72. The van der Waals surface area contributed by atoms with Crippen molar-refractivity contribution < 1.29 is 0 Å². The van der Waals surface area contributed by atoms with E-state index >= 15 is 0 Å². The molecule has 0 saturated heterocycles. The summed E-state index contributed by atoms with van der Waals surface area (Å²) in [6.45, 7) is 8.62. The summed E-state index contributed by atoms with van der Waals surface area (Å²) in [5.41, 5.74) is 0.725. The van der Waals surface area contributed by atoms with Crippen LogP contribution in [-0.2, 0) is 5.41 Å². The van der Waals surface area contributed by atoms with Crippen LogP contribution in [0, 0.1) is 0 Å². The number of aromatic nitrogens is 4. The van der Waals surface area contributed by atoms with Gasteiger partial charge >= 0.3 is 0 Å². The Labute approximate surface area is 131 Å². The predicted molar refractivity (Wildman–Crippen MR) is 90.3 cm³/mol. The Morgan fingerprint density at radius 3 is 2.62 bits per heavy atom. The maximum atomic E-state index is 4.74. The van der Waals surface area contributed by atoms with Crippen molar-refractivity contribution in [3.8, 4) is 0 Å². The van der Waals surface area contributed by atoms with Gasteiger partial charge in [0, 0.05) is 18.5 Å². The molecule has 2 aromatic heterocycles. The molecule has 0 N–H and O–H groups in total. The van der Waals surface area contributed by atoms with Crippen molar-refractivity contribution in [3.05, 3.63) is 18.0 Å². The van der Waals surface area contributed by atoms with Crippen LogP contribution in [0.15, 0.2) is 12.1 Å². The third-order valence-corrected chi connectivity index (χ3v) is 4.33. The van der Waals surface area contributed by atoms with Crippen LogP contribution in [0.1, 0.15) is 39.9 Å². The number of nitrogens with zero attached hydrogens (tertiary/aromatic N) is 5. The second kappa shape index (κ2) is 6.22. The molecule has 6 heteroatoms. The fourth-order valence-electron chi connectivity index (χ4n) is 2.14. The largest absolute Gasteiger partial charge is 0.356 e. The van der Waals surface area contributed by atoms with E-state index < -0.39 is 0 Å². The van der Waals surface area contributed by atoms with Gasteiger partial charge in [0.15, 0.2) is 11.5 Å². The van der Waals surface area contributed by atoms with Crippen LogP contribution in [0.3, 0.4) is 0 Å². The lowest BCUT2D eigenvalue weighted by atomic mass is 9.96. The van der Waals surface area contributed by atoms with E-state index in [2.05, 4.69) is 56.1 Å². The zero-order chi connectivity index (χ0) is 15.6. The average molecular weight is 307 g/mol. The van der Waals surface area contributed by atoms with Crippen molar-refractivity contribution in [3.63, 3.8) is 0 Å². The summed E-state index contributed by atoms with van der Waals surface area (Å²) in [6.07, 6.45) is 3.29. The van der Waals surface area contributed by atoms with Crippen LogP contribution < -0.4 is 4.90 Å². The monoisotopic (exact) mass is 307 g/mol. The minimum Gasteiger partial charge on any atom is -0.356 e. The van der Waals surface area contributed by atoms with Gasteiger partial charge in [0.05, 0.1) is 0 Å². The zero-order valence-corrected chi connectivity index (χ0v) is 14.6. The lowest BCUT2D eigenvalue weighted by Crippen LogP contribution is -2.30. The summed E-state index contributed by atoms with van der Waals surface area (Å²) in [5, 5.41) is 13.2. The fraction of sp³-hybridized carbons (Fsp3) is 0.667. The highest BCUT2D eigenvalue weighted by atomic mass is 32.2. The SMILES string of the molecule is CSCCC(C)N(C)c1ccc2nnc(C(C)(C)C)n2n1. The van der Waals surface area contributed by atoms with Gasteiger partial charge in [-0.05, 0) is 37.5 Å². The van der Waals surface area contributed by atoms with E-state index in [0.29, 0.717) is 6.04 Å². The molecule has 1 unspecified atom stereocenters. The van der Waals surface area contributed by atoms with Crippen LogP contribution >= 0.6 is 11.8 Å². The molecule has 0 radical (unpaired) electrons. The van der Waals surface area contributed by atoms with Crippen molar-refractivity contribution in [2.75, 3.05) is 24.0 Å². The molecule has 2 aromatic rings. The van der Waals surface area contributed by atoms with E-state index in [0.717, 1.165) is 29.5 Å². The van der Waals surface area contributed by atoms with Crippen molar-refractivity contribution >= 4 is 23.2 Å². The molecule has 0 saturated carbocycles. The van der Waals surface area contributed by atoms with Gasteiger partial charge in [-0.1, -0.05) is 20.8 Å². The number of thioether (sulfide) groups is 1. The summed E-state index contributed by atoms with van der Waals surface area (Å²) < 4.78 is 1.87. The molecular weight excluding hydrogens is 282 g/mol. The molecule has 116 valence electrons. The highest BCUT2D eigenvalue weighted by Crippen LogP contribution is 2.22. The van der Waals surface area contributed by atoms with E-state index in [1.807, 2.05) is 28.4 Å². The molecule has 0 amide bonds. The number of anilines is 1. The number of hydrogen-bond donors (Lipinski definition) is 0. The average Bonchev–Trinajstić information content (AvgIpc) is 2.86. The molecule has 1 atom stereocenters. The van der Waals surface area contributed by atoms with Gasteiger partial charge in [0.1, 0.15) is 5.82 Å². The van der Waals surface area contributed by atoms with Gasteiger partial charge in [-0.2, -0.15) is 16.3 Å². The van der Waals surface area contributed by atoms with Crippen molar-refractivity contribution in [1.82, 2.24) is 19.8 Å². The zero-order valence-electron chi connectivity index (χ0n) is 13.8. The van der Waals surface area contributed by atoms with Gasteiger partial charge in [-0.3, -0.25) is 0 Å². The Kier molecular flexibility index (Phi) is 4.76. The second-order valence-electron chi connectivity index (χ2n) is 6.48. The van der Waals surface area contributed by atoms with Gasteiger partial charge < -0.3 is 4.90 Å². The van der Waals surface area contributed by atoms with Gasteiger partial charge in [-0.25, -0.2) is 0 Å². The first-order chi connectivity index (χ1) is 9.84. The highest BCUT2D eigenvalue weighted by molar-refractivity contribution is 7.98. The molecule has 0 spiro atoms. The van der Waals surface area contributed by atoms with Crippen molar-refractivity contribution in [2.24, 2.45) is 0 Å². The lowest BCUT2D eigenvalue weighted by Gasteiger charge is -2.26. The van der Waals surface area contributed by atoms with Gasteiger partial charge in [-0.15, -0.1) is 15.3 Å². The van der Waals surface area contributed by atoms with E-state index in [9.17, 15) is 0 Å². The van der Waals surface area contributed by atoms with Crippen molar-refractivity contribution in [1.29, 1.82) is 0 Å². The maximum absolute atomic E-state index is 4.74. The van der Waals surface area contributed by atoms with Crippen molar-refractivity contribution in [2.45, 2.75) is 45.6 Å². The Morgan fingerprint density at radius 2 is 2.00 bits per heavy atom. The first-order valence-corrected chi connectivity index (χ1v) is 8.68. The molecule has 5 nitrogen and oxygen atoms in total. The van der Waals surface area contributed by atoms with Gasteiger partial charge in [0.25, 0.3) is 0 Å². The summed E-state index contributed by atoms with van der Waals surface area (Å²) in [6, 6.07) is 4.46. The minimum absolute atomic E-state index is 0.0753. The third kappa shape index (κ3) is 3.48. The van der Waals surface area contributed by atoms with E-state index in [1.54, 1.807) is 0 Å². The topological polar surface area (TPSA) is 46.3 Å². The minimum atomic E-state index is -0.0753. The number of rotatable bonds is 5. The Hall–Kier alpha value is -1.30. The number of hydrogen-bond acceptors (Lipinski definition) is 5. The van der Waals surface area contributed by atoms with Crippen LogP contribution in [0.2, 0.25) is 0 Å². The second-order valence-corrected chi connectivity index (χ2v) is 7.46. The van der Waals surface area contributed by atoms with Crippen LogP contribution in [0.25, 0.3) is 5.65 Å². The van der Waals surface area contributed by atoms with Crippen LogP contribution in [0.4, 0.5) is 5.82 Å². The molecule has 2 heterocycles. The molecule has 0 fully saturated rings. The quantitative estimate of drug-likeness (QED) is 0.850. The summed E-state index contributed by atoms with van der Waals surface area (Å²) in [5.74, 6) is 3.01. The summed E-state index contributed by atoms with van der Waals surface area (Å²) >= 11 is 1.88. The molecule has 0 aliphatic carbocycles. The highest BCUT2D eigenvalue weighted by Gasteiger charge is 2.22. The first-order valence-electron chi connectivity index (χ1n) is 7.29. The smallest absolute Gasteiger partial charge is 0.178 e. The molecule has 21 heavy (non-hydrogen) atoms. The third-order valence-electron chi connectivity index (χ3n) is 3.68. The summed E-state index contributed by atoms with van der Waals surface area (Å²) in [4.78, 5) is 2.22. The standard InChI is InChI=1S/C15H25N5S/c1-11(9-10-21-6)19(5)13-8-7-12-16-17-14(15(2,3)4)20(12)18-13/h7-8,11H,9-10H2,1-6H3. The summed E-state index contributed by atoms with van der Waals surface area (Å²) in [7, 11) is 2.10. The predicted octanol–water partition coefficient (Wildman–Crippen LogP) is 3.00. The maximum Gasteiger partial charge on any atom is 0.178 e. The van der Waals surface area contributed by atoms with E-state index in [4.69, 9.17) is 5.10 Å². The number of fused-ring (bicyclic) bond motifs is 1. The van der Waals surface area contributed by atoms with Gasteiger partial charge in [0.2, 0.25) is 0 Å². The molecule has 2 rings (SSSR count). The molecule has 0 aliphatic rings. The van der Waals surface area contributed by atoms with Crippen LogP contribution in [-0.4, -0.2) is 44.9 Å². The molecule has 0 aromatic carbocycles. The molecular formula is C15H25N5S. The molecule has 0 bridgehead atoms. The molecule has 0 aliphatic heterocycles. The van der Waals surface area contributed by atoms with E-state index in [1.165, 1.54) is 0 Å².